The minimum absolute atomic E-state index is 0. The molecular weight excluding hydrogens is 931 g/mol. The Morgan fingerprint density at radius 2 is 1.33 bits per heavy atom. The van der Waals surface area contributed by atoms with Crippen molar-refractivity contribution in [3.8, 4) is 22.3 Å². The van der Waals surface area contributed by atoms with Crippen molar-refractivity contribution in [2.24, 2.45) is 0 Å². The number of nitrogens with zero attached hydrogens (tertiary/aromatic N) is 2. The summed E-state index contributed by atoms with van der Waals surface area (Å²) in [4.78, 5) is 0. The van der Waals surface area contributed by atoms with E-state index in [1.165, 1.54) is 60.5 Å². The molecule has 4 heteroatoms. The van der Waals surface area contributed by atoms with Gasteiger partial charge in [-0.05, 0) is 82.9 Å². The molecule has 0 spiro atoms. The molecule has 0 N–H and O–H groups in total. The fourth-order valence-corrected chi connectivity index (χ4v) is 9.42. The van der Waals surface area contributed by atoms with E-state index in [0.29, 0.717) is 5.92 Å². The largest absolute Gasteiger partial charge is 2.00 e. The third-order valence-corrected chi connectivity index (χ3v) is 12.2. The summed E-state index contributed by atoms with van der Waals surface area (Å²) in [6, 6.07) is 57.7. The molecule has 3 nitrogen and oxygen atoms in total. The summed E-state index contributed by atoms with van der Waals surface area (Å²) in [6.45, 7) is 0. The Labute approximate surface area is 360 Å². The average molecular weight is 967 g/mol. The van der Waals surface area contributed by atoms with Gasteiger partial charge in [-0.2, -0.15) is 36.4 Å². The van der Waals surface area contributed by atoms with Gasteiger partial charge in [0.25, 0.3) is 0 Å². The van der Waals surface area contributed by atoms with Gasteiger partial charge in [0.15, 0.2) is 0 Å². The maximum atomic E-state index is 6.46. The fourth-order valence-electron chi connectivity index (χ4n) is 9.42. The first-order valence-corrected chi connectivity index (χ1v) is 19.9. The van der Waals surface area contributed by atoms with Gasteiger partial charge in [-0.25, -0.2) is 11.1 Å². The van der Waals surface area contributed by atoms with Crippen LogP contribution in [0.3, 0.4) is 0 Å². The fraction of sp³-hybridized carbons (Fsp3) is 0.0741. The molecule has 0 fully saturated rings. The van der Waals surface area contributed by atoms with Crippen LogP contribution in [-0.4, -0.2) is 9.13 Å². The molecule has 0 radical (unpaired) electrons. The van der Waals surface area contributed by atoms with Gasteiger partial charge in [0.1, 0.15) is 11.2 Å². The predicted octanol–water partition coefficient (Wildman–Crippen LogP) is 14.4. The molecule has 2 atom stereocenters. The Bertz CT molecular complexity index is 3360. The molecule has 10 aromatic rings. The zero-order chi connectivity index (χ0) is 37.5. The van der Waals surface area contributed by atoms with Crippen LogP contribution in [0.5, 0.6) is 0 Å². The molecule has 272 valence electrons. The summed E-state index contributed by atoms with van der Waals surface area (Å²) in [5.74, 6) is 0.364. The topological polar surface area (TPSA) is 23.0 Å². The van der Waals surface area contributed by atoms with E-state index in [-0.39, 0.29) is 37.2 Å². The zero-order valence-electron chi connectivity index (χ0n) is 31.7. The summed E-state index contributed by atoms with van der Waals surface area (Å²) in [6.07, 6.45) is 17.9. The van der Waals surface area contributed by atoms with Crippen molar-refractivity contribution < 1.29 is 35.5 Å². The number of hydrogen-bond donors (Lipinski definition) is 0. The van der Waals surface area contributed by atoms with E-state index in [1.54, 1.807) is 0 Å². The quantitative estimate of drug-likeness (QED) is 0.158. The maximum Gasteiger partial charge on any atom is 2.00 e. The zero-order valence-corrected chi connectivity index (χ0v) is 35.9. The van der Waals surface area contributed by atoms with Crippen molar-refractivity contribution >= 4 is 71.2 Å². The van der Waals surface area contributed by atoms with Crippen LogP contribution in [0.15, 0.2) is 186 Å². The summed E-state index contributed by atoms with van der Waals surface area (Å²) < 4.78 is 11.4. The molecule has 0 bridgehead atoms. The monoisotopic (exact) mass is 966 g/mol. The summed E-state index contributed by atoms with van der Waals surface area (Å²) >= 11 is 0. The first-order valence-electron chi connectivity index (χ1n) is 19.9. The number of benzene rings is 7. The maximum absolute atomic E-state index is 6.46. The van der Waals surface area contributed by atoms with Gasteiger partial charge in [-0.15, -0.1) is 12.1 Å². The van der Waals surface area contributed by atoms with Crippen LogP contribution in [-0.2, 0) is 0 Å². The van der Waals surface area contributed by atoms with Crippen molar-refractivity contribution in [1.29, 1.82) is 0 Å². The molecule has 2 unspecified atom stereocenters. The molecule has 7 aromatic carbocycles. The molecule has 58 heavy (non-hydrogen) atoms. The van der Waals surface area contributed by atoms with Gasteiger partial charge < -0.3 is 13.6 Å². The van der Waals surface area contributed by atoms with Crippen molar-refractivity contribution in [2.45, 2.75) is 24.8 Å². The first-order chi connectivity index (χ1) is 28.2. The van der Waals surface area contributed by atoms with E-state index in [2.05, 4.69) is 185 Å². The molecular formula is C54H36N2OU. The van der Waals surface area contributed by atoms with E-state index >= 15 is 0 Å². The summed E-state index contributed by atoms with van der Waals surface area (Å²) in [5, 5.41) is 7.22. The van der Waals surface area contributed by atoms with Crippen molar-refractivity contribution in [3.05, 3.63) is 200 Å². The molecule has 0 saturated carbocycles. The summed E-state index contributed by atoms with van der Waals surface area (Å²) in [7, 11) is 0. The van der Waals surface area contributed by atoms with Crippen molar-refractivity contribution in [1.82, 2.24) is 9.13 Å². The van der Waals surface area contributed by atoms with Gasteiger partial charge in [0.05, 0.1) is 11.0 Å². The Morgan fingerprint density at radius 3 is 2.12 bits per heavy atom. The van der Waals surface area contributed by atoms with Crippen molar-refractivity contribution in [2.75, 3.05) is 0 Å². The van der Waals surface area contributed by atoms with E-state index in [4.69, 9.17) is 4.42 Å². The van der Waals surface area contributed by atoms with E-state index in [1.807, 2.05) is 18.2 Å². The minimum atomic E-state index is 0. The second kappa shape index (κ2) is 14.1. The molecule has 3 aromatic heterocycles. The number of aromatic nitrogens is 2. The van der Waals surface area contributed by atoms with E-state index in [0.717, 1.165) is 51.4 Å². The minimum Gasteiger partial charge on any atom is -0.456 e. The first kappa shape index (κ1) is 35.1. The van der Waals surface area contributed by atoms with E-state index < -0.39 is 0 Å². The standard InChI is InChI=1S/C54H36N2O.U/c1-4-12-35(13-5-1)37-20-25-42(26-21-37)56-51-29-24-40(32-46(51)47-33-48-43-18-10-11-19-53(43)57-54(48)34-52(47)56)39-23-28-50-45(31-39)44-30-38(36-14-6-2-7-15-36)22-27-49(44)55(50)41-16-8-3-9-17-41;/h1-14,16,18-20,23-34,37,41H,17,21H2;/q-2;+2. The van der Waals surface area contributed by atoms with Gasteiger partial charge in [0.2, 0.25) is 0 Å². The molecule has 0 saturated heterocycles. The number of allylic oxidation sites excluding steroid dienone is 8. The van der Waals surface area contributed by atoms with Crippen LogP contribution in [0.1, 0.15) is 30.4 Å². The third kappa shape index (κ3) is 5.62. The predicted molar refractivity (Wildman–Crippen MR) is 237 cm³/mol. The Hall–Kier alpha value is -6.05. The second-order valence-electron chi connectivity index (χ2n) is 15.4. The number of hydrogen-bond acceptors (Lipinski definition) is 1. The number of furan rings is 1. The Kier molecular flexibility index (Phi) is 8.54. The molecule has 2 aliphatic carbocycles. The summed E-state index contributed by atoms with van der Waals surface area (Å²) in [5.41, 5.74) is 13.6. The van der Waals surface area contributed by atoms with Gasteiger partial charge in [-0.3, -0.25) is 0 Å². The van der Waals surface area contributed by atoms with Gasteiger partial charge >= 0.3 is 31.1 Å². The Morgan fingerprint density at radius 1 is 0.552 bits per heavy atom. The molecule has 0 aliphatic heterocycles. The average Bonchev–Trinajstić information content (AvgIpc) is 3.92. The van der Waals surface area contributed by atoms with Crippen LogP contribution in [0.4, 0.5) is 0 Å². The second-order valence-corrected chi connectivity index (χ2v) is 15.4. The van der Waals surface area contributed by atoms with Crippen LogP contribution in [0, 0.1) is 43.2 Å². The number of fused-ring (bicyclic) bond motifs is 9. The van der Waals surface area contributed by atoms with Crippen LogP contribution in [0.2, 0.25) is 0 Å². The van der Waals surface area contributed by atoms with Crippen LogP contribution < -0.4 is 0 Å². The van der Waals surface area contributed by atoms with Crippen LogP contribution in [0.25, 0.3) is 93.5 Å². The third-order valence-electron chi connectivity index (χ3n) is 12.2. The molecule has 0 amide bonds. The van der Waals surface area contributed by atoms with Gasteiger partial charge in [0, 0.05) is 50.8 Å². The van der Waals surface area contributed by atoms with Gasteiger partial charge in [-0.1, -0.05) is 103 Å². The number of rotatable bonds is 5. The van der Waals surface area contributed by atoms with Crippen LogP contribution >= 0.6 is 0 Å². The molecule has 12 rings (SSSR count). The molecule has 2 aliphatic rings. The Balaban J connectivity index is 0.00000385. The van der Waals surface area contributed by atoms with E-state index in [9.17, 15) is 0 Å². The smallest absolute Gasteiger partial charge is 0.456 e. The van der Waals surface area contributed by atoms with Crippen molar-refractivity contribution in [3.63, 3.8) is 0 Å². The molecule has 3 heterocycles. The normalized spacial score (nSPS) is 16.6. The number of para-hydroxylation sites is 1. The SMILES string of the molecule is [U+2].[c-]1ccccc1-c1[c-]cc2c(c1)c1cc(-c3ccc4c(c3)c3cc5c(cc3n4C3=CCC(c4ccccc4)C=C3)oc3ccccc35)ccc1n2C1C=CC=CC1.